The highest BCUT2D eigenvalue weighted by Gasteiger charge is 2.13. The number of hydrogen-bond donors (Lipinski definition) is 0. The van der Waals surface area contributed by atoms with Crippen LogP contribution in [0.1, 0.15) is 16.1 Å². The van der Waals surface area contributed by atoms with Crippen LogP contribution in [0.15, 0.2) is 41.3 Å². The molecule has 0 aliphatic carbocycles. The van der Waals surface area contributed by atoms with Crippen molar-refractivity contribution in [3.05, 3.63) is 58.3 Å². The Balaban J connectivity index is 2.23. The standard InChI is InChI=1S/C12H8BrFN2O/c13-8-1-2-11(14)10(5-8)12(17)6-9-7-15-3-4-16-9/h1-5,7H,6H2. The minimum Gasteiger partial charge on any atom is -0.294 e. The maximum Gasteiger partial charge on any atom is 0.171 e. The maximum atomic E-state index is 13.4. The van der Waals surface area contributed by atoms with E-state index in [4.69, 9.17) is 0 Å². The first-order valence-electron chi connectivity index (χ1n) is 4.90. The number of carbonyl (C=O) groups is 1. The van der Waals surface area contributed by atoms with Gasteiger partial charge in [0.15, 0.2) is 5.78 Å². The van der Waals surface area contributed by atoms with Crippen molar-refractivity contribution in [2.75, 3.05) is 0 Å². The monoisotopic (exact) mass is 294 g/mol. The molecule has 2 rings (SSSR count). The summed E-state index contributed by atoms with van der Waals surface area (Å²) in [6, 6.07) is 4.27. The Morgan fingerprint density at radius 3 is 2.88 bits per heavy atom. The second kappa shape index (κ2) is 5.14. The molecule has 0 saturated heterocycles. The molecule has 0 fully saturated rings. The van der Waals surface area contributed by atoms with Crippen LogP contribution >= 0.6 is 15.9 Å². The topological polar surface area (TPSA) is 42.9 Å². The molecular formula is C12H8BrFN2O. The Morgan fingerprint density at radius 1 is 1.35 bits per heavy atom. The molecule has 0 bridgehead atoms. The van der Waals surface area contributed by atoms with Gasteiger partial charge in [-0.2, -0.15) is 0 Å². The van der Waals surface area contributed by atoms with Gasteiger partial charge in [0, 0.05) is 23.1 Å². The number of rotatable bonds is 3. The largest absolute Gasteiger partial charge is 0.294 e. The van der Waals surface area contributed by atoms with E-state index < -0.39 is 5.82 Å². The molecule has 17 heavy (non-hydrogen) atoms. The molecule has 0 spiro atoms. The Hall–Kier alpha value is -1.62. The van der Waals surface area contributed by atoms with Gasteiger partial charge in [-0.1, -0.05) is 15.9 Å². The van der Waals surface area contributed by atoms with Crippen LogP contribution in [0, 0.1) is 5.82 Å². The van der Waals surface area contributed by atoms with Gasteiger partial charge in [-0.3, -0.25) is 14.8 Å². The average Bonchev–Trinajstić information content (AvgIpc) is 2.33. The molecule has 0 atom stereocenters. The third-order valence-electron chi connectivity index (χ3n) is 2.19. The lowest BCUT2D eigenvalue weighted by Crippen LogP contribution is -2.07. The van der Waals surface area contributed by atoms with E-state index in [9.17, 15) is 9.18 Å². The summed E-state index contributed by atoms with van der Waals surface area (Å²) in [5, 5.41) is 0. The van der Waals surface area contributed by atoms with E-state index in [1.54, 1.807) is 6.07 Å². The average molecular weight is 295 g/mol. The minimum atomic E-state index is -0.526. The van der Waals surface area contributed by atoms with Crippen LogP contribution in [0.2, 0.25) is 0 Å². The quantitative estimate of drug-likeness (QED) is 0.818. The Bertz CT molecular complexity index is 545. The molecule has 1 heterocycles. The fraction of sp³-hybridized carbons (Fsp3) is 0.0833. The second-order valence-corrected chi connectivity index (χ2v) is 4.34. The number of halogens is 2. The van der Waals surface area contributed by atoms with Gasteiger partial charge in [-0.05, 0) is 18.2 Å². The summed E-state index contributed by atoms with van der Waals surface area (Å²) < 4.78 is 14.1. The molecule has 0 amide bonds. The number of benzene rings is 1. The first-order valence-corrected chi connectivity index (χ1v) is 5.69. The van der Waals surface area contributed by atoms with Crippen LogP contribution in [-0.2, 0) is 6.42 Å². The zero-order chi connectivity index (χ0) is 12.3. The van der Waals surface area contributed by atoms with E-state index in [2.05, 4.69) is 25.9 Å². The molecule has 3 nitrogen and oxygen atoms in total. The zero-order valence-electron chi connectivity index (χ0n) is 8.73. The molecule has 0 aliphatic heterocycles. The predicted molar refractivity (Wildman–Crippen MR) is 64.2 cm³/mol. The van der Waals surface area contributed by atoms with Crippen LogP contribution in [0.4, 0.5) is 4.39 Å². The maximum absolute atomic E-state index is 13.4. The highest BCUT2D eigenvalue weighted by atomic mass is 79.9. The van der Waals surface area contributed by atoms with Gasteiger partial charge < -0.3 is 0 Å². The zero-order valence-corrected chi connectivity index (χ0v) is 10.3. The molecule has 86 valence electrons. The van der Waals surface area contributed by atoms with E-state index in [0.29, 0.717) is 10.2 Å². The molecule has 5 heteroatoms. The van der Waals surface area contributed by atoms with Gasteiger partial charge in [-0.25, -0.2) is 4.39 Å². The molecule has 1 aromatic carbocycles. The van der Waals surface area contributed by atoms with Gasteiger partial charge in [0.1, 0.15) is 5.82 Å². The molecule has 2 aromatic rings. The smallest absolute Gasteiger partial charge is 0.171 e. The van der Waals surface area contributed by atoms with Crippen LogP contribution in [0.5, 0.6) is 0 Å². The van der Waals surface area contributed by atoms with Gasteiger partial charge in [-0.15, -0.1) is 0 Å². The Kier molecular flexibility index (Phi) is 3.58. The normalized spacial score (nSPS) is 10.2. The van der Waals surface area contributed by atoms with Crippen molar-refractivity contribution in [3.8, 4) is 0 Å². The lowest BCUT2D eigenvalue weighted by Gasteiger charge is -2.02. The first-order chi connectivity index (χ1) is 8.16. The molecule has 0 N–H and O–H groups in total. The van der Waals surface area contributed by atoms with E-state index in [-0.39, 0.29) is 17.8 Å². The summed E-state index contributed by atoms with van der Waals surface area (Å²) in [6.07, 6.45) is 4.56. The highest BCUT2D eigenvalue weighted by Crippen LogP contribution is 2.17. The summed E-state index contributed by atoms with van der Waals surface area (Å²) in [7, 11) is 0. The van der Waals surface area contributed by atoms with E-state index in [1.165, 1.54) is 30.7 Å². The molecule has 0 radical (unpaired) electrons. The summed E-state index contributed by atoms with van der Waals surface area (Å²) in [5.41, 5.74) is 0.585. The Morgan fingerprint density at radius 2 is 2.18 bits per heavy atom. The lowest BCUT2D eigenvalue weighted by atomic mass is 10.1. The third-order valence-corrected chi connectivity index (χ3v) is 2.68. The summed E-state index contributed by atoms with van der Waals surface area (Å²) in [6.45, 7) is 0. The van der Waals surface area contributed by atoms with Crippen molar-refractivity contribution >= 4 is 21.7 Å². The number of aromatic nitrogens is 2. The fourth-order valence-electron chi connectivity index (χ4n) is 1.39. The van der Waals surface area contributed by atoms with Crippen molar-refractivity contribution in [3.63, 3.8) is 0 Å². The predicted octanol–water partition coefficient (Wildman–Crippen LogP) is 2.80. The minimum absolute atomic E-state index is 0.0429. The molecule has 0 unspecified atom stereocenters. The van der Waals surface area contributed by atoms with E-state index >= 15 is 0 Å². The van der Waals surface area contributed by atoms with Gasteiger partial charge in [0.05, 0.1) is 17.7 Å². The summed E-state index contributed by atoms with van der Waals surface area (Å²) in [4.78, 5) is 19.7. The van der Waals surface area contributed by atoms with Crippen molar-refractivity contribution < 1.29 is 9.18 Å². The summed E-state index contributed by atoms with van der Waals surface area (Å²) in [5.74, 6) is -0.841. The highest BCUT2D eigenvalue weighted by molar-refractivity contribution is 9.10. The van der Waals surface area contributed by atoms with Gasteiger partial charge >= 0.3 is 0 Å². The van der Waals surface area contributed by atoms with Crippen molar-refractivity contribution in [1.82, 2.24) is 9.97 Å². The Labute approximate surface area is 106 Å². The first kappa shape index (κ1) is 11.9. The van der Waals surface area contributed by atoms with Crippen LogP contribution in [-0.4, -0.2) is 15.8 Å². The number of hydrogen-bond acceptors (Lipinski definition) is 3. The number of nitrogens with zero attached hydrogens (tertiary/aromatic N) is 2. The van der Waals surface area contributed by atoms with Crippen LogP contribution < -0.4 is 0 Å². The van der Waals surface area contributed by atoms with Crippen molar-refractivity contribution in [2.24, 2.45) is 0 Å². The van der Waals surface area contributed by atoms with Crippen molar-refractivity contribution in [1.29, 1.82) is 0 Å². The van der Waals surface area contributed by atoms with E-state index in [1.807, 2.05) is 0 Å². The number of ketones is 1. The summed E-state index contributed by atoms with van der Waals surface area (Å²) >= 11 is 3.20. The molecule has 1 aromatic heterocycles. The number of Topliss-reactive ketones (excluding diaryl/α,β-unsaturated/α-hetero) is 1. The van der Waals surface area contributed by atoms with Crippen LogP contribution in [0.25, 0.3) is 0 Å². The molecule has 0 saturated carbocycles. The lowest BCUT2D eigenvalue weighted by molar-refractivity contribution is 0.0988. The molecular weight excluding hydrogens is 287 g/mol. The van der Waals surface area contributed by atoms with Crippen LogP contribution in [0.3, 0.4) is 0 Å². The van der Waals surface area contributed by atoms with Gasteiger partial charge in [0.2, 0.25) is 0 Å². The molecule has 0 aliphatic rings. The second-order valence-electron chi connectivity index (χ2n) is 3.42. The van der Waals surface area contributed by atoms with Crippen molar-refractivity contribution in [2.45, 2.75) is 6.42 Å². The third kappa shape index (κ3) is 2.94. The fourth-order valence-corrected chi connectivity index (χ4v) is 1.75. The number of carbonyl (C=O) groups excluding carboxylic acids is 1. The van der Waals surface area contributed by atoms with Gasteiger partial charge in [0.25, 0.3) is 0 Å². The van der Waals surface area contributed by atoms with E-state index in [0.717, 1.165) is 0 Å². The SMILES string of the molecule is O=C(Cc1cnccn1)c1cc(Br)ccc1F.